The molecule has 1 saturated heterocycles. The van der Waals surface area contributed by atoms with Gasteiger partial charge >= 0.3 is 5.97 Å². The molecule has 32 heavy (non-hydrogen) atoms. The van der Waals surface area contributed by atoms with Crippen molar-refractivity contribution in [3.8, 4) is 0 Å². The van der Waals surface area contributed by atoms with Crippen LogP contribution in [0.15, 0.2) is 5.16 Å². The Kier molecular flexibility index (Phi) is 7.85. The number of thioether (sulfide) groups is 1. The van der Waals surface area contributed by atoms with E-state index < -0.39 is 0 Å². The minimum Gasteiger partial charge on any atom is -0.465 e. The number of ether oxygens (including phenoxy) is 2. The molecule has 3 heterocycles. The maximum absolute atomic E-state index is 12.8. The maximum atomic E-state index is 12.8. The number of aryl methyl sites for hydroxylation is 2. The van der Waals surface area contributed by atoms with Gasteiger partial charge in [0, 0.05) is 17.9 Å². The molecule has 1 aliphatic heterocycles. The summed E-state index contributed by atoms with van der Waals surface area (Å²) in [5, 5.41) is 12.9. The van der Waals surface area contributed by atoms with Gasteiger partial charge in [-0.1, -0.05) is 25.1 Å². The lowest BCUT2D eigenvalue weighted by atomic mass is 10.1. The number of methoxy groups -OCH3 is 1. The number of carbonyl (C=O) groups excluding carboxylic acids is 2. The van der Waals surface area contributed by atoms with Gasteiger partial charge in [-0.05, 0) is 44.1 Å². The third-order valence-electron chi connectivity index (χ3n) is 5.92. The third-order valence-corrected chi connectivity index (χ3v) is 8.09. The molecular formula is C22H30N4O4S2. The van der Waals surface area contributed by atoms with E-state index in [0.717, 1.165) is 74.5 Å². The van der Waals surface area contributed by atoms with E-state index >= 15 is 0 Å². The lowest BCUT2D eigenvalue weighted by Crippen LogP contribution is -2.19. The first-order chi connectivity index (χ1) is 15.6. The van der Waals surface area contributed by atoms with E-state index in [0.29, 0.717) is 17.1 Å². The highest BCUT2D eigenvalue weighted by Crippen LogP contribution is 2.38. The van der Waals surface area contributed by atoms with Crippen molar-refractivity contribution in [1.82, 2.24) is 14.8 Å². The molecule has 1 atom stereocenters. The Morgan fingerprint density at radius 1 is 1.25 bits per heavy atom. The molecule has 2 aliphatic rings. The first kappa shape index (κ1) is 23.3. The van der Waals surface area contributed by atoms with Crippen LogP contribution in [0.3, 0.4) is 0 Å². The van der Waals surface area contributed by atoms with Gasteiger partial charge in [-0.15, -0.1) is 21.5 Å². The van der Waals surface area contributed by atoms with Crippen molar-refractivity contribution in [2.45, 2.75) is 76.1 Å². The van der Waals surface area contributed by atoms with E-state index in [1.807, 2.05) is 6.92 Å². The average molecular weight is 479 g/mol. The molecule has 0 radical (unpaired) electrons. The van der Waals surface area contributed by atoms with Crippen molar-refractivity contribution in [2.24, 2.45) is 0 Å². The van der Waals surface area contributed by atoms with Gasteiger partial charge in [-0.25, -0.2) is 4.79 Å². The van der Waals surface area contributed by atoms with Gasteiger partial charge in [0.25, 0.3) is 0 Å². The van der Waals surface area contributed by atoms with Crippen molar-refractivity contribution in [3.05, 3.63) is 21.8 Å². The van der Waals surface area contributed by atoms with Crippen molar-refractivity contribution in [2.75, 3.05) is 24.8 Å². The lowest BCUT2D eigenvalue weighted by molar-refractivity contribution is -0.113. The van der Waals surface area contributed by atoms with Gasteiger partial charge < -0.3 is 19.4 Å². The van der Waals surface area contributed by atoms with E-state index in [4.69, 9.17) is 9.47 Å². The van der Waals surface area contributed by atoms with Gasteiger partial charge in [0.05, 0.1) is 31.1 Å². The number of aromatic nitrogens is 3. The standard InChI is InChI=1S/C22H30N4O4S2/c1-3-17-24-25-22(26(17)12-14-8-7-11-30-14)31-13-18(27)23-20-19(21(28)29-2)15-9-5-4-6-10-16(15)32-20/h14H,3-13H2,1-2H3,(H,23,27). The van der Waals surface area contributed by atoms with Crippen LogP contribution in [-0.2, 0) is 40.1 Å². The molecule has 10 heteroatoms. The van der Waals surface area contributed by atoms with E-state index in [9.17, 15) is 9.59 Å². The number of amides is 1. The first-order valence-corrected chi connectivity index (χ1v) is 13.1. The summed E-state index contributed by atoms with van der Waals surface area (Å²) >= 11 is 2.87. The molecule has 1 amide bonds. The van der Waals surface area contributed by atoms with Crippen LogP contribution in [0.2, 0.25) is 0 Å². The minimum atomic E-state index is -0.378. The number of thiophene rings is 1. The summed E-state index contributed by atoms with van der Waals surface area (Å²) in [7, 11) is 1.39. The molecule has 174 valence electrons. The van der Waals surface area contributed by atoms with Crippen molar-refractivity contribution >= 4 is 40.0 Å². The molecule has 0 bridgehead atoms. The summed E-state index contributed by atoms with van der Waals surface area (Å²) < 4.78 is 12.9. The van der Waals surface area contributed by atoms with Crippen LogP contribution < -0.4 is 5.32 Å². The number of nitrogens with one attached hydrogen (secondary N) is 1. The van der Waals surface area contributed by atoms with Gasteiger partial charge in [0.2, 0.25) is 5.91 Å². The van der Waals surface area contributed by atoms with Crippen LogP contribution >= 0.6 is 23.1 Å². The predicted octanol–water partition coefficient (Wildman–Crippen LogP) is 3.87. The molecule has 0 saturated carbocycles. The normalized spacial score (nSPS) is 18.2. The molecule has 1 N–H and O–H groups in total. The molecule has 8 nitrogen and oxygen atoms in total. The van der Waals surface area contributed by atoms with Gasteiger partial charge in [0.15, 0.2) is 5.16 Å². The molecule has 0 aromatic carbocycles. The fourth-order valence-electron chi connectivity index (χ4n) is 4.30. The summed E-state index contributed by atoms with van der Waals surface area (Å²) in [6.07, 6.45) is 8.18. The number of anilines is 1. The first-order valence-electron chi connectivity index (χ1n) is 11.3. The fourth-order valence-corrected chi connectivity index (χ4v) is 6.36. The van der Waals surface area contributed by atoms with Crippen LogP contribution in [0.1, 0.15) is 65.7 Å². The van der Waals surface area contributed by atoms with Crippen LogP contribution in [0, 0.1) is 0 Å². The second kappa shape index (κ2) is 10.8. The summed E-state index contributed by atoms with van der Waals surface area (Å²) in [5.41, 5.74) is 1.58. The topological polar surface area (TPSA) is 95.3 Å². The van der Waals surface area contributed by atoms with E-state index in [1.165, 1.54) is 35.1 Å². The summed E-state index contributed by atoms with van der Waals surface area (Å²) in [4.78, 5) is 26.5. The second-order valence-corrected chi connectivity index (χ2v) is 10.1. The van der Waals surface area contributed by atoms with Crippen LogP contribution in [0.25, 0.3) is 0 Å². The second-order valence-electron chi connectivity index (χ2n) is 8.09. The number of hydrogen-bond donors (Lipinski definition) is 1. The number of rotatable bonds is 8. The molecule has 0 spiro atoms. The van der Waals surface area contributed by atoms with Crippen LogP contribution in [-0.4, -0.2) is 52.2 Å². The largest absolute Gasteiger partial charge is 0.465 e. The average Bonchev–Trinajstić information content (AvgIpc) is 3.48. The number of fused-ring (bicyclic) bond motifs is 1. The highest BCUT2D eigenvalue weighted by atomic mass is 32.2. The highest BCUT2D eigenvalue weighted by molar-refractivity contribution is 7.99. The van der Waals surface area contributed by atoms with Gasteiger partial charge in [-0.3, -0.25) is 4.79 Å². The highest BCUT2D eigenvalue weighted by Gasteiger charge is 2.27. The SMILES string of the molecule is CCc1nnc(SCC(=O)Nc2sc3c(c2C(=O)OC)CCCCC3)n1CC1CCCO1. The molecule has 4 rings (SSSR count). The van der Waals surface area contributed by atoms with Crippen LogP contribution in [0.5, 0.6) is 0 Å². The Morgan fingerprint density at radius 3 is 2.84 bits per heavy atom. The Bertz CT molecular complexity index is 966. The Balaban J connectivity index is 1.45. The third kappa shape index (κ3) is 5.18. The van der Waals surface area contributed by atoms with Crippen molar-refractivity contribution in [3.63, 3.8) is 0 Å². The van der Waals surface area contributed by atoms with Crippen molar-refractivity contribution < 1.29 is 19.1 Å². The number of nitrogens with zero attached hydrogens (tertiary/aromatic N) is 3. The molecule has 2 aromatic rings. The zero-order valence-corrected chi connectivity index (χ0v) is 20.3. The zero-order chi connectivity index (χ0) is 22.5. The van der Waals surface area contributed by atoms with Crippen LogP contribution in [0.4, 0.5) is 5.00 Å². The number of esters is 1. The Morgan fingerprint density at radius 2 is 2.09 bits per heavy atom. The summed E-state index contributed by atoms with van der Waals surface area (Å²) in [6, 6.07) is 0. The molecule has 1 unspecified atom stereocenters. The summed E-state index contributed by atoms with van der Waals surface area (Å²) in [6.45, 7) is 3.56. The Labute approximate surface area is 196 Å². The Hall–Kier alpha value is -1.91. The minimum absolute atomic E-state index is 0.165. The molecule has 1 aliphatic carbocycles. The van der Waals surface area contributed by atoms with E-state index in [2.05, 4.69) is 20.1 Å². The van der Waals surface area contributed by atoms with Gasteiger partial charge in [-0.2, -0.15) is 0 Å². The number of hydrogen-bond acceptors (Lipinski definition) is 8. The van der Waals surface area contributed by atoms with E-state index in [-0.39, 0.29) is 23.7 Å². The monoisotopic (exact) mass is 478 g/mol. The molecule has 2 aromatic heterocycles. The van der Waals surface area contributed by atoms with E-state index in [1.54, 1.807) is 0 Å². The predicted molar refractivity (Wildman–Crippen MR) is 125 cm³/mol. The molecular weight excluding hydrogens is 448 g/mol. The zero-order valence-electron chi connectivity index (χ0n) is 18.6. The quantitative estimate of drug-likeness (QED) is 0.350. The maximum Gasteiger partial charge on any atom is 0.341 e. The fraction of sp³-hybridized carbons (Fsp3) is 0.636. The lowest BCUT2D eigenvalue weighted by Gasteiger charge is -2.14. The molecule has 1 fully saturated rings. The number of carbonyl (C=O) groups is 2. The van der Waals surface area contributed by atoms with Crippen molar-refractivity contribution in [1.29, 1.82) is 0 Å². The summed E-state index contributed by atoms with van der Waals surface area (Å²) in [5.74, 6) is 0.548. The van der Waals surface area contributed by atoms with Gasteiger partial charge in [0.1, 0.15) is 10.8 Å². The smallest absolute Gasteiger partial charge is 0.341 e.